The molecule has 0 aromatic heterocycles. The molecule has 0 aliphatic heterocycles. The van der Waals surface area contributed by atoms with Gasteiger partial charge in [-0.3, -0.25) is 14.9 Å². The molecule has 30 heavy (non-hydrogen) atoms. The second kappa shape index (κ2) is 11.6. The van der Waals surface area contributed by atoms with Crippen LogP contribution in [0.1, 0.15) is 29.7 Å². The SMILES string of the molecule is CCc1ccc(C(CNC(=O)CSCc2ccc(OC)c([N+](=O)[O-])c2)N(C)C)cc1. The highest BCUT2D eigenvalue weighted by Crippen LogP contribution is 2.29. The number of hydrogen-bond acceptors (Lipinski definition) is 6. The van der Waals surface area contributed by atoms with Crippen LogP contribution in [0, 0.1) is 10.1 Å². The monoisotopic (exact) mass is 431 g/mol. The number of benzene rings is 2. The van der Waals surface area contributed by atoms with E-state index in [2.05, 4.69) is 41.4 Å². The number of amides is 1. The number of thioether (sulfide) groups is 1. The molecule has 1 unspecified atom stereocenters. The molecular weight excluding hydrogens is 402 g/mol. The van der Waals surface area contributed by atoms with Gasteiger partial charge in [0.05, 0.1) is 23.8 Å². The minimum Gasteiger partial charge on any atom is -0.490 e. The molecular formula is C22H29N3O4S. The van der Waals surface area contributed by atoms with Crippen molar-refractivity contribution in [1.82, 2.24) is 10.2 Å². The lowest BCUT2D eigenvalue weighted by atomic mass is 10.0. The van der Waals surface area contributed by atoms with Gasteiger partial charge in [-0.05, 0) is 43.3 Å². The predicted octanol–water partition coefficient (Wildman–Crippen LogP) is 3.82. The van der Waals surface area contributed by atoms with Gasteiger partial charge < -0.3 is 15.0 Å². The van der Waals surface area contributed by atoms with E-state index in [-0.39, 0.29) is 29.1 Å². The number of methoxy groups -OCH3 is 1. The van der Waals surface area contributed by atoms with Crippen LogP contribution >= 0.6 is 11.8 Å². The van der Waals surface area contributed by atoms with E-state index in [1.807, 2.05) is 14.1 Å². The highest BCUT2D eigenvalue weighted by Gasteiger charge is 2.17. The Bertz CT molecular complexity index is 856. The molecule has 0 radical (unpaired) electrons. The van der Waals surface area contributed by atoms with Crippen molar-refractivity contribution in [1.29, 1.82) is 0 Å². The topological polar surface area (TPSA) is 84.7 Å². The normalized spacial score (nSPS) is 11.9. The number of likely N-dealkylation sites (N-methyl/N-ethyl adjacent to an activating group) is 1. The molecule has 1 amide bonds. The van der Waals surface area contributed by atoms with E-state index in [0.29, 0.717) is 12.3 Å². The van der Waals surface area contributed by atoms with E-state index in [4.69, 9.17) is 4.74 Å². The number of aryl methyl sites for hydroxylation is 1. The van der Waals surface area contributed by atoms with Crippen LogP contribution in [0.4, 0.5) is 5.69 Å². The fourth-order valence-corrected chi connectivity index (χ4v) is 3.87. The van der Waals surface area contributed by atoms with Crippen molar-refractivity contribution >= 4 is 23.4 Å². The van der Waals surface area contributed by atoms with Crippen LogP contribution in [0.25, 0.3) is 0 Å². The molecule has 0 aliphatic rings. The summed E-state index contributed by atoms with van der Waals surface area (Å²) in [6.45, 7) is 2.65. The molecule has 2 aromatic carbocycles. The first-order valence-corrected chi connectivity index (χ1v) is 10.9. The number of ether oxygens (including phenoxy) is 1. The fraction of sp³-hybridized carbons (Fsp3) is 0.409. The summed E-state index contributed by atoms with van der Waals surface area (Å²) in [5.74, 6) is 0.969. The summed E-state index contributed by atoms with van der Waals surface area (Å²) < 4.78 is 5.01. The minimum atomic E-state index is -0.464. The quantitative estimate of drug-likeness (QED) is 0.430. The third-order valence-corrected chi connectivity index (χ3v) is 5.83. The van der Waals surface area contributed by atoms with Gasteiger partial charge in [0.1, 0.15) is 0 Å². The van der Waals surface area contributed by atoms with Crippen LogP contribution in [0.3, 0.4) is 0 Å². The van der Waals surface area contributed by atoms with Gasteiger partial charge in [-0.25, -0.2) is 0 Å². The lowest BCUT2D eigenvalue weighted by Crippen LogP contribution is -2.35. The van der Waals surface area contributed by atoms with Crippen molar-refractivity contribution in [2.75, 3.05) is 33.5 Å². The van der Waals surface area contributed by atoms with Crippen LogP contribution in [-0.4, -0.2) is 49.2 Å². The standard InChI is InChI=1S/C22H29N3O4S/c1-5-16-6-9-18(10-7-16)20(24(2)3)13-23-22(26)15-30-14-17-8-11-21(29-4)19(12-17)25(27)28/h6-12,20H,5,13-15H2,1-4H3,(H,23,26). The maximum atomic E-state index is 12.3. The first kappa shape index (κ1) is 23.7. The van der Waals surface area contributed by atoms with E-state index >= 15 is 0 Å². The number of carbonyl (C=O) groups excluding carboxylic acids is 1. The maximum Gasteiger partial charge on any atom is 0.311 e. The Morgan fingerprint density at radius 1 is 1.20 bits per heavy atom. The molecule has 0 aliphatic carbocycles. The zero-order valence-corrected chi connectivity index (χ0v) is 18.7. The van der Waals surface area contributed by atoms with Crippen molar-refractivity contribution in [3.8, 4) is 5.75 Å². The van der Waals surface area contributed by atoms with Crippen molar-refractivity contribution in [3.63, 3.8) is 0 Å². The van der Waals surface area contributed by atoms with Gasteiger partial charge >= 0.3 is 5.69 Å². The van der Waals surface area contributed by atoms with Crippen LogP contribution in [0.5, 0.6) is 5.75 Å². The van der Waals surface area contributed by atoms with Crippen LogP contribution < -0.4 is 10.1 Å². The summed E-state index contributed by atoms with van der Waals surface area (Å²) in [7, 11) is 5.39. The zero-order chi connectivity index (χ0) is 22.1. The van der Waals surface area contributed by atoms with Gasteiger partial charge in [0.25, 0.3) is 0 Å². The summed E-state index contributed by atoms with van der Waals surface area (Å²) >= 11 is 1.42. The summed E-state index contributed by atoms with van der Waals surface area (Å²) in [5, 5.41) is 14.1. The molecule has 2 aromatic rings. The highest BCUT2D eigenvalue weighted by atomic mass is 32.2. The minimum absolute atomic E-state index is 0.0555. The Hall–Kier alpha value is -2.58. The number of carbonyl (C=O) groups is 1. The van der Waals surface area contributed by atoms with Gasteiger partial charge in [0.2, 0.25) is 5.91 Å². The maximum absolute atomic E-state index is 12.3. The van der Waals surface area contributed by atoms with Crippen LogP contribution in [0.2, 0.25) is 0 Å². The summed E-state index contributed by atoms with van der Waals surface area (Å²) in [5.41, 5.74) is 3.16. The lowest BCUT2D eigenvalue weighted by molar-refractivity contribution is -0.385. The summed E-state index contributed by atoms with van der Waals surface area (Å²) in [6.07, 6.45) is 0.998. The number of nitrogens with one attached hydrogen (secondary N) is 1. The number of rotatable bonds is 11. The molecule has 0 fully saturated rings. The van der Waals surface area contributed by atoms with E-state index < -0.39 is 4.92 Å². The molecule has 0 bridgehead atoms. The number of nitro benzene ring substituents is 1. The Balaban J connectivity index is 1.86. The molecule has 8 heteroatoms. The van der Waals surface area contributed by atoms with Crippen molar-refractivity contribution < 1.29 is 14.5 Å². The molecule has 162 valence electrons. The van der Waals surface area contributed by atoms with Gasteiger partial charge in [-0.2, -0.15) is 0 Å². The van der Waals surface area contributed by atoms with Crippen LogP contribution in [0.15, 0.2) is 42.5 Å². The molecule has 1 N–H and O–H groups in total. The largest absolute Gasteiger partial charge is 0.490 e. The summed E-state index contributed by atoms with van der Waals surface area (Å²) in [6, 6.07) is 13.4. The van der Waals surface area contributed by atoms with Crippen molar-refractivity contribution in [2.45, 2.75) is 25.1 Å². The number of nitrogens with zero attached hydrogens (tertiary/aromatic N) is 2. The first-order valence-electron chi connectivity index (χ1n) is 9.76. The van der Waals surface area contributed by atoms with Crippen molar-refractivity contribution in [3.05, 3.63) is 69.3 Å². The van der Waals surface area contributed by atoms with Crippen LogP contribution in [-0.2, 0) is 17.0 Å². The van der Waals surface area contributed by atoms with Gasteiger partial charge in [0.15, 0.2) is 5.75 Å². The third kappa shape index (κ3) is 6.74. The zero-order valence-electron chi connectivity index (χ0n) is 17.9. The highest BCUT2D eigenvalue weighted by molar-refractivity contribution is 7.99. The number of nitro groups is 1. The molecule has 0 saturated heterocycles. The molecule has 0 heterocycles. The van der Waals surface area contributed by atoms with Gasteiger partial charge in [-0.15, -0.1) is 11.8 Å². The molecule has 0 spiro atoms. The van der Waals surface area contributed by atoms with E-state index in [0.717, 1.165) is 17.5 Å². The first-order chi connectivity index (χ1) is 14.3. The second-order valence-electron chi connectivity index (χ2n) is 7.13. The Morgan fingerprint density at radius 2 is 1.87 bits per heavy atom. The molecule has 1 atom stereocenters. The average molecular weight is 432 g/mol. The molecule has 7 nitrogen and oxygen atoms in total. The van der Waals surface area contributed by atoms with Gasteiger partial charge in [0, 0.05) is 18.4 Å². The van der Waals surface area contributed by atoms with E-state index in [1.165, 1.54) is 30.5 Å². The Morgan fingerprint density at radius 3 is 2.43 bits per heavy atom. The third-order valence-electron chi connectivity index (χ3n) is 4.83. The fourth-order valence-electron chi connectivity index (χ4n) is 3.07. The lowest BCUT2D eigenvalue weighted by Gasteiger charge is -2.25. The van der Waals surface area contributed by atoms with E-state index in [9.17, 15) is 14.9 Å². The predicted molar refractivity (Wildman–Crippen MR) is 121 cm³/mol. The number of hydrogen-bond donors (Lipinski definition) is 1. The van der Waals surface area contributed by atoms with Crippen molar-refractivity contribution in [2.24, 2.45) is 0 Å². The van der Waals surface area contributed by atoms with E-state index in [1.54, 1.807) is 12.1 Å². The summed E-state index contributed by atoms with van der Waals surface area (Å²) in [4.78, 5) is 25.0. The smallest absolute Gasteiger partial charge is 0.311 e. The molecule has 0 saturated carbocycles. The second-order valence-corrected chi connectivity index (χ2v) is 8.12. The Labute approximate surface area is 181 Å². The Kier molecular flexibility index (Phi) is 9.14. The average Bonchev–Trinajstić information content (AvgIpc) is 2.74. The molecule has 2 rings (SSSR count). The van der Waals surface area contributed by atoms with Gasteiger partial charge in [-0.1, -0.05) is 37.3 Å².